The van der Waals surface area contributed by atoms with E-state index in [1.165, 1.54) is 22.3 Å². The molecule has 10 aromatic carbocycles. The van der Waals surface area contributed by atoms with E-state index in [4.69, 9.17) is 36.2 Å². The molecule has 0 amide bonds. The van der Waals surface area contributed by atoms with Gasteiger partial charge in [-0.1, -0.05) is 227 Å². The van der Waals surface area contributed by atoms with Gasteiger partial charge in [0.2, 0.25) is 0 Å². The molecule has 106 heavy (non-hydrogen) atoms. The van der Waals surface area contributed by atoms with E-state index >= 15 is 18.3 Å². The molecule has 3 aliphatic carbocycles. The highest BCUT2D eigenvalue weighted by Gasteiger charge is 2.49. The average Bonchev–Trinajstić information content (AvgIpc) is 1.06. The zero-order valence-electron chi connectivity index (χ0n) is 61.1. The van der Waals surface area contributed by atoms with E-state index in [1.807, 2.05) is 48.5 Å². The summed E-state index contributed by atoms with van der Waals surface area (Å²) in [5.41, 5.74) is 13.9. The first-order valence-electron chi connectivity index (χ1n) is 38.9. The van der Waals surface area contributed by atoms with Crippen LogP contribution >= 0.6 is 30.4 Å². The minimum absolute atomic E-state index is 0.209. The van der Waals surface area contributed by atoms with Crippen molar-refractivity contribution >= 4 is 51.6 Å². The van der Waals surface area contributed by atoms with E-state index in [0.29, 0.717) is 55.1 Å². The van der Waals surface area contributed by atoms with Gasteiger partial charge in [0.15, 0.2) is 0 Å². The van der Waals surface area contributed by atoms with Crippen molar-refractivity contribution in [3.8, 4) is 68.2 Å². The number of benzene rings is 10. The van der Waals surface area contributed by atoms with Crippen LogP contribution in [0.3, 0.4) is 0 Å². The van der Waals surface area contributed by atoms with Crippen molar-refractivity contribution in [2.45, 2.75) is 193 Å². The smallest absolute Gasteiger partial charge is 0.412 e. The molecule has 0 saturated heterocycles. The zero-order chi connectivity index (χ0) is 72.4. The fourth-order valence-electron chi connectivity index (χ4n) is 18.0. The molecule has 7 aliphatic rings. The van der Waals surface area contributed by atoms with E-state index < -0.39 is 30.4 Å². The van der Waals surface area contributed by atoms with Gasteiger partial charge in [-0.05, 0) is 187 Å². The maximum atomic E-state index is 17.2. The summed E-state index contributed by atoms with van der Waals surface area (Å²) >= 11 is 0. The Hall–Kier alpha value is -8.48. The van der Waals surface area contributed by atoms with Gasteiger partial charge in [0.25, 0.3) is 0 Å². The SMILES string of the molecule is CCCCCCC1(CCCCCC)c2ccccc2-c2ccc(P3(=O)Oc4cc5c6cc4Cc4cc7c(cc4O3)OP(=O)(c3ccccc3)Oc3cc4c(cc3C7)Cc3cc(c(cc3OP(=O)(c3ccc7c(c3)C(CCCCCC)(CCCCCC)c3ccccc3-7)O4)OP(=O)(c3ccccc3)O5)C6)cc21. The Balaban J connectivity index is 0.875. The molecular weight excluding hydrogens is 1400 g/mol. The lowest BCUT2D eigenvalue weighted by Gasteiger charge is -2.34. The first kappa shape index (κ1) is 70.5. The second-order valence-electron chi connectivity index (χ2n) is 30.3. The van der Waals surface area contributed by atoms with E-state index in [1.54, 1.807) is 72.8 Å². The minimum Gasteiger partial charge on any atom is -0.412 e. The first-order chi connectivity index (χ1) is 51.6. The van der Waals surface area contributed by atoms with Crippen LogP contribution in [0.4, 0.5) is 0 Å². The fraction of sp³-hybridized carbons (Fsp3) is 0.333. The molecule has 12 nitrogen and oxygen atoms in total. The Labute approximate surface area is 624 Å². The summed E-state index contributed by atoms with van der Waals surface area (Å²) in [5, 5.41) is 1.30. The van der Waals surface area contributed by atoms with Gasteiger partial charge < -0.3 is 36.2 Å². The van der Waals surface area contributed by atoms with Gasteiger partial charge in [0.05, 0.1) is 21.2 Å². The van der Waals surface area contributed by atoms with Gasteiger partial charge in [-0.15, -0.1) is 0 Å². The number of fused-ring (bicyclic) bond motifs is 6. The molecule has 16 heteroatoms. The molecule has 8 bridgehead atoms. The number of hydrogen-bond acceptors (Lipinski definition) is 12. The lowest BCUT2D eigenvalue weighted by molar-refractivity contribution is 0.378. The highest BCUT2D eigenvalue weighted by molar-refractivity contribution is 7.64. The molecule has 0 N–H and O–H groups in total. The second-order valence-corrected chi connectivity index (χ2v) is 37.8. The number of hydrogen-bond donors (Lipinski definition) is 0. The Kier molecular flexibility index (Phi) is 19.0. The van der Waals surface area contributed by atoms with Crippen LogP contribution in [-0.2, 0) is 54.8 Å². The largest absolute Gasteiger partial charge is 0.462 e. The standard InChI is InChI=1S/C90H92O12P4/c1-5-9-13-27-43-89(44-28-14-10-6-2)77-37-25-23-35-73(77)75-41-39-71(55-79(75)89)105(93)99-85-57-81-61-47-63-51-67-54-68-52-64-48-62-50-66(53-65(85)49-61)86(100-105)58-82(62)96-104(92,70-33-21-18-22-34-70)98-84(64)60-88(68)102-106(94,101-87(67)59-83(63)97-103(91,95-81)69-31-19-17-20-32-69)72-40-42-76-74-36-24-26-38-78(74)90(80(76)56-72,45-29-15-11-7-3)46-30-16-12-8-4/h17-26,31-42,49-52,55-60H,5-16,27-30,43-48,53-54H2,1-4H3. The summed E-state index contributed by atoms with van der Waals surface area (Å²) in [6.07, 6.45) is 22.1. The van der Waals surface area contributed by atoms with Crippen LogP contribution in [0.5, 0.6) is 46.0 Å². The van der Waals surface area contributed by atoms with Gasteiger partial charge in [-0.3, -0.25) is 0 Å². The molecule has 0 fully saturated rings. The summed E-state index contributed by atoms with van der Waals surface area (Å²) in [5.74, 6) is 1.74. The summed E-state index contributed by atoms with van der Waals surface area (Å²) in [7, 11) is -18.1. The van der Waals surface area contributed by atoms with E-state index in [9.17, 15) is 0 Å². The minimum atomic E-state index is -4.60. The lowest BCUT2D eigenvalue weighted by Crippen LogP contribution is -2.27. The van der Waals surface area contributed by atoms with E-state index in [0.717, 1.165) is 151 Å². The number of unbranched alkanes of at least 4 members (excludes halogenated alkanes) is 12. The van der Waals surface area contributed by atoms with Gasteiger partial charge >= 0.3 is 30.4 Å². The molecule has 0 aromatic heterocycles. The molecule has 4 heterocycles. The van der Waals surface area contributed by atoms with Gasteiger partial charge in [0.1, 0.15) is 46.0 Å². The molecule has 0 atom stereocenters. The highest BCUT2D eigenvalue weighted by atomic mass is 31.2. The van der Waals surface area contributed by atoms with Crippen LogP contribution in [0.2, 0.25) is 0 Å². The van der Waals surface area contributed by atoms with E-state index in [2.05, 4.69) is 100 Å². The maximum Gasteiger partial charge on any atom is 0.462 e. The molecule has 4 aliphatic heterocycles. The third-order valence-electron chi connectivity index (χ3n) is 23.4. The normalized spacial score (nSPS) is 20.8. The first-order valence-corrected chi connectivity index (χ1v) is 45.0. The van der Waals surface area contributed by atoms with Crippen LogP contribution in [-0.4, -0.2) is 0 Å². The quantitative estimate of drug-likeness (QED) is 0.0420. The molecule has 10 aromatic rings. The Morgan fingerprint density at radius 3 is 0.764 bits per heavy atom. The third kappa shape index (κ3) is 12.7. The van der Waals surface area contributed by atoms with Crippen molar-refractivity contribution in [1.82, 2.24) is 0 Å². The maximum absolute atomic E-state index is 17.2. The molecule has 0 spiro atoms. The van der Waals surface area contributed by atoms with Crippen molar-refractivity contribution in [2.24, 2.45) is 0 Å². The fourth-order valence-corrected chi connectivity index (χ4v) is 24.5. The third-order valence-corrected chi connectivity index (χ3v) is 30.5. The monoisotopic (exact) mass is 1490 g/mol. The summed E-state index contributed by atoms with van der Waals surface area (Å²) < 4.78 is 124. The summed E-state index contributed by atoms with van der Waals surface area (Å²) in [4.78, 5) is 0. The predicted octanol–water partition coefficient (Wildman–Crippen LogP) is 23.9. The van der Waals surface area contributed by atoms with Crippen molar-refractivity contribution in [3.63, 3.8) is 0 Å². The zero-order valence-corrected chi connectivity index (χ0v) is 64.7. The summed E-state index contributed by atoms with van der Waals surface area (Å²) in [6.45, 7) is 8.98. The molecular formula is C90H92O12P4. The second kappa shape index (κ2) is 28.6. The van der Waals surface area contributed by atoms with Crippen LogP contribution in [0, 0.1) is 0 Å². The van der Waals surface area contributed by atoms with Gasteiger partial charge in [0, 0.05) is 60.8 Å². The van der Waals surface area contributed by atoms with Crippen molar-refractivity contribution in [1.29, 1.82) is 0 Å². The highest BCUT2D eigenvalue weighted by Crippen LogP contribution is 2.64. The van der Waals surface area contributed by atoms with Gasteiger partial charge in [-0.2, -0.15) is 0 Å². The average molecular weight is 1490 g/mol. The Morgan fingerprint density at radius 1 is 0.245 bits per heavy atom. The molecule has 17 rings (SSSR count). The van der Waals surface area contributed by atoms with Gasteiger partial charge in [-0.25, -0.2) is 18.3 Å². The van der Waals surface area contributed by atoms with Crippen molar-refractivity contribution < 1.29 is 54.5 Å². The Morgan fingerprint density at radius 2 is 0.491 bits per heavy atom. The molecule has 0 saturated carbocycles. The van der Waals surface area contributed by atoms with Crippen LogP contribution in [0.25, 0.3) is 22.3 Å². The Bertz CT molecular complexity index is 4790. The number of rotatable bonds is 24. The van der Waals surface area contributed by atoms with Crippen LogP contribution < -0.4 is 57.4 Å². The van der Waals surface area contributed by atoms with Crippen LogP contribution in [0.1, 0.15) is 223 Å². The lowest BCUT2D eigenvalue weighted by atomic mass is 9.70. The van der Waals surface area contributed by atoms with E-state index in [-0.39, 0.29) is 93.1 Å². The van der Waals surface area contributed by atoms with Crippen molar-refractivity contribution in [3.05, 3.63) is 261 Å². The summed E-state index contributed by atoms with van der Waals surface area (Å²) in [6, 6.07) is 62.4. The van der Waals surface area contributed by atoms with Crippen LogP contribution in [0.15, 0.2) is 194 Å². The van der Waals surface area contributed by atoms with Crippen molar-refractivity contribution in [2.75, 3.05) is 0 Å². The molecule has 0 radical (unpaired) electrons. The molecule has 0 unspecified atom stereocenters. The molecule has 544 valence electrons. The predicted molar refractivity (Wildman–Crippen MR) is 424 cm³/mol. The topological polar surface area (TPSA) is 142 Å².